The van der Waals surface area contributed by atoms with E-state index in [4.69, 9.17) is 9.47 Å². The molecule has 2 amide bonds. The zero-order valence-electron chi connectivity index (χ0n) is 15.5. The molecule has 0 N–H and O–H groups in total. The number of para-hydroxylation sites is 1. The van der Waals surface area contributed by atoms with E-state index in [2.05, 4.69) is 0 Å². The molecule has 1 aromatic rings. The van der Waals surface area contributed by atoms with Crippen LogP contribution in [0.25, 0.3) is 0 Å². The monoisotopic (exact) mass is 360 g/mol. The van der Waals surface area contributed by atoms with Crippen LogP contribution in [0.15, 0.2) is 24.3 Å². The van der Waals surface area contributed by atoms with Crippen LogP contribution in [0.4, 0.5) is 0 Å². The molecule has 0 aliphatic carbocycles. The van der Waals surface area contributed by atoms with Gasteiger partial charge in [-0.1, -0.05) is 18.2 Å². The third-order valence-electron chi connectivity index (χ3n) is 5.03. The van der Waals surface area contributed by atoms with Gasteiger partial charge in [0.2, 0.25) is 5.91 Å². The first-order valence-corrected chi connectivity index (χ1v) is 9.58. The summed E-state index contributed by atoms with van der Waals surface area (Å²) in [6.45, 7) is 5.65. The highest BCUT2D eigenvalue weighted by Gasteiger charge is 2.31. The highest BCUT2D eigenvalue weighted by molar-refractivity contribution is 5.82. The van der Waals surface area contributed by atoms with Crippen molar-refractivity contribution in [2.45, 2.75) is 38.7 Å². The largest absolute Gasteiger partial charge is 0.494 e. The predicted molar refractivity (Wildman–Crippen MR) is 98.1 cm³/mol. The maximum absolute atomic E-state index is 12.5. The first-order chi connectivity index (χ1) is 12.7. The van der Waals surface area contributed by atoms with Crippen LogP contribution >= 0.6 is 0 Å². The van der Waals surface area contributed by atoms with Crippen molar-refractivity contribution in [3.63, 3.8) is 0 Å². The van der Waals surface area contributed by atoms with Crippen LogP contribution in [-0.4, -0.2) is 67.1 Å². The Morgan fingerprint density at radius 2 is 1.88 bits per heavy atom. The van der Waals surface area contributed by atoms with E-state index < -0.39 is 0 Å². The van der Waals surface area contributed by atoms with Gasteiger partial charge in [-0.2, -0.15) is 0 Å². The zero-order valence-corrected chi connectivity index (χ0v) is 15.5. The van der Waals surface area contributed by atoms with Gasteiger partial charge in [-0.15, -0.1) is 0 Å². The summed E-state index contributed by atoms with van der Waals surface area (Å²) in [5.74, 6) is 1.08. The molecule has 26 heavy (non-hydrogen) atoms. The maximum Gasteiger partial charge on any atom is 0.251 e. The minimum absolute atomic E-state index is 0.0836. The molecule has 1 atom stereocenters. The van der Waals surface area contributed by atoms with Gasteiger partial charge in [0.15, 0.2) is 0 Å². The Balaban J connectivity index is 1.46. The molecule has 2 aliphatic heterocycles. The second-order valence-electron chi connectivity index (χ2n) is 6.75. The van der Waals surface area contributed by atoms with Crippen molar-refractivity contribution in [2.75, 3.05) is 39.4 Å². The summed E-state index contributed by atoms with van der Waals surface area (Å²) >= 11 is 0. The molecule has 0 aromatic heterocycles. The number of amides is 2. The lowest BCUT2D eigenvalue weighted by Crippen LogP contribution is -2.52. The SMILES string of the molecule is CCOc1ccccc1CCC(=O)N1CCN(C(=O)C2CCCO2)CC1. The number of rotatable bonds is 6. The Kier molecular flexibility index (Phi) is 6.50. The Morgan fingerprint density at radius 3 is 2.58 bits per heavy atom. The quantitative estimate of drug-likeness (QED) is 0.777. The molecule has 2 fully saturated rings. The molecule has 2 heterocycles. The van der Waals surface area contributed by atoms with Gasteiger partial charge >= 0.3 is 0 Å². The van der Waals surface area contributed by atoms with Crippen molar-refractivity contribution < 1.29 is 19.1 Å². The number of piperazine rings is 1. The van der Waals surface area contributed by atoms with E-state index in [-0.39, 0.29) is 17.9 Å². The zero-order chi connectivity index (χ0) is 18.4. The molecule has 6 nitrogen and oxygen atoms in total. The Morgan fingerprint density at radius 1 is 1.15 bits per heavy atom. The van der Waals surface area contributed by atoms with Gasteiger partial charge in [-0.25, -0.2) is 0 Å². The topological polar surface area (TPSA) is 59.1 Å². The third kappa shape index (κ3) is 4.55. The number of aryl methyl sites for hydroxylation is 1. The number of carbonyl (C=O) groups is 2. The van der Waals surface area contributed by atoms with Gasteiger partial charge in [0.05, 0.1) is 6.61 Å². The van der Waals surface area contributed by atoms with Gasteiger partial charge in [0, 0.05) is 39.2 Å². The summed E-state index contributed by atoms with van der Waals surface area (Å²) < 4.78 is 11.1. The average Bonchev–Trinajstić information content (AvgIpc) is 3.21. The molecule has 1 unspecified atom stereocenters. The minimum Gasteiger partial charge on any atom is -0.494 e. The maximum atomic E-state index is 12.5. The normalized spacial score (nSPS) is 20.3. The Bertz CT molecular complexity index is 620. The summed E-state index contributed by atoms with van der Waals surface area (Å²) in [4.78, 5) is 28.6. The summed E-state index contributed by atoms with van der Waals surface area (Å²) in [6.07, 6.45) is 2.63. The van der Waals surface area contributed by atoms with Gasteiger partial charge in [-0.3, -0.25) is 9.59 Å². The Labute approximate surface area is 155 Å². The van der Waals surface area contributed by atoms with Crippen LogP contribution in [0.3, 0.4) is 0 Å². The van der Waals surface area contributed by atoms with Crippen molar-refractivity contribution in [3.05, 3.63) is 29.8 Å². The van der Waals surface area contributed by atoms with Gasteiger partial charge in [0.1, 0.15) is 11.9 Å². The van der Waals surface area contributed by atoms with Gasteiger partial charge in [-0.05, 0) is 37.8 Å². The van der Waals surface area contributed by atoms with Crippen LogP contribution < -0.4 is 4.74 Å². The molecule has 142 valence electrons. The molecular formula is C20H28N2O4. The second-order valence-corrected chi connectivity index (χ2v) is 6.75. The number of ether oxygens (including phenoxy) is 2. The average molecular weight is 360 g/mol. The second kappa shape index (κ2) is 9.03. The molecule has 0 spiro atoms. The molecular weight excluding hydrogens is 332 g/mol. The van der Waals surface area contributed by atoms with Crippen LogP contribution in [0, 0.1) is 0 Å². The number of benzene rings is 1. The molecule has 2 saturated heterocycles. The summed E-state index contributed by atoms with van der Waals surface area (Å²) in [6, 6.07) is 7.87. The number of hydrogen-bond donors (Lipinski definition) is 0. The molecule has 2 aliphatic rings. The lowest BCUT2D eigenvalue weighted by molar-refractivity contribution is -0.146. The van der Waals surface area contributed by atoms with Crippen LogP contribution in [0.1, 0.15) is 31.7 Å². The van der Waals surface area contributed by atoms with Gasteiger partial charge in [0.25, 0.3) is 5.91 Å². The Hall–Kier alpha value is -2.08. The molecule has 0 bridgehead atoms. The number of nitrogens with zero attached hydrogens (tertiary/aromatic N) is 2. The van der Waals surface area contributed by atoms with Crippen LogP contribution in [0.2, 0.25) is 0 Å². The van der Waals surface area contributed by atoms with Crippen LogP contribution in [-0.2, 0) is 20.7 Å². The van der Waals surface area contributed by atoms with E-state index in [9.17, 15) is 9.59 Å². The van der Waals surface area contributed by atoms with Gasteiger partial charge < -0.3 is 19.3 Å². The molecule has 6 heteroatoms. The first-order valence-electron chi connectivity index (χ1n) is 9.58. The van der Waals surface area contributed by atoms with E-state index in [0.29, 0.717) is 52.2 Å². The summed E-state index contributed by atoms with van der Waals surface area (Å²) in [5.41, 5.74) is 1.06. The molecule has 3 rings (SSSR count). The van der Waals surface area contributed by atoms with Crippen molar-refractivity contribution in [1.29, 1.82) is 0 Å². The van der Waals surface area contributed by atoms with E-state index in [1.807, 2.05) is 41.0 Å². The van der Waals surface area contributed by atoms with E-state index in [1.54, 1.807) is 0 Å². The number of hydrogen-bond acceptors (Lipinski definition) is 4. The van der Waals surface area contributed by atoms with Crippen molar-refractivity contribution in [1.82, 2.24) is 9.80 Å². The van der Waals surface area contributed by atoms with Crippen molar-refractivity contribution in [2.24, 2.45) is 0 Å². The number of carbonyl (C=O) groups excluding carboxylic acids is 2. The molecule has 0 radical (unpaired) electrons. The fraction of sp³-hybridized carbons (Fsp3) is 0.600. The standard InChI is InChI=1S/C20H28N2O4/c1-2-25-17-7-4-3-6-16(17)9-10-19(23)21-11-13-22(14-12-21)20(24)18-8-5-15-26-18/h3-4,6-7,18H,2,5,8-15H2,1H3. The lowest BCUT2D eigenvalue weighted by Gasteiger charge is -2.35. The third-order valence-corrected chi connectivity index (χ3v) is 5.03. The van der Waals surface area contributed by atoms with E-state index in [0.717, 1.165) is 24.2 Å². The summed E-state index contributed by atoms with van der Waals surface area (Å²) in [5, 5.41) is 0. The molecule has 1 aromatic carbocycles. The minimum atomic E-state index is -0.271. The molecule has 0 saturated carbocycles. The lowest BCUT2D eigenvalue weighted by atomic mass is 10.1. The van der Waals surface area contributed by atoms with Crippen LogP contribution in [0.5, 0.6) is 5.75 Å². The first kappa shape index (κ1) is 18.7. The fourth-order valence-corrected chi connectivity index (χ4v) is 3.56. The highest BCUT2D eigenvalue weighted by Crippen LogP contribution is 2.20. The fourth-order valence-electron chi connectivity index (χ4n) is 3.56. The van der Waals surface area contributed by atoms with E-state index >= 15 is 0 Å². The van der Waals surface area contributed by atoms with E-state index in [1.165, 1.54) is 0 Å². The highest BCUT2D eigenvalue weighted by atomic mass is 16.5. The summed E-state index contributed by atoms with van der Waals surface area (Å²) in [7, 11) is 0. The van der Waals surface area contributed by atoms with Crippen molar-refractivity contribution >= 4 is 11.8 Å². The smallest absolute Gasteiger partial charge is 0.251 e. The predicted octanol–water partition coefficient (Wildman–Crippen LogP) is 1.87. The van der Waals surface area contributed by atoms with Crippen molar-refractivity contribution in [3.8, 4) is 5.75 Å².